The van der Waals surface area contributed by atoms with Gasteiger partial charge in [0.25, 0.3) is 0 Å². The fourth-order valence-electron chi connectivity index (χ4n) is 2.54. The Hall–Kier alpha value is -0.830. The third kappa shape index (κ3) is 3.43. The lowest BCUT2D eigenvalue weighted by Gasteiger charge is -2.25. The largest absolute Gasteiger partial charge is 0.328 e. The summed E-state index contributed by atoms with van der Waals surface area (Å²) >= 11 is 3.81. The Bertz CT molecular complexity index is 566. The molecule has 0 aliphatic heterocycles. The van der Waals surface area contributed by atoms with Crippen molar-refractivity contribution in [3.63, 3.8) is 0 Å². The van der Waals surface area contributed by atoms with Gasteiger partial charge in [-0.15, -0.1) is 0 Å². The zero-order valence-electron chi connectivity index (χ0n) is 13.0. The number of alkyl halides is 1. The van der Waals surface area contributed by atoms with Crippen LogP contribution >= 0.6 is 15.9 Å². The zero-order chi connectivity index (χ0) is 14.8. The molecule has 2 aromatic rings. The van der Waals surface area contributed by atoms with Gasteiger partial charge in [-0.05, 0) is 37.3 Å². The van der Waals surface area contributed by atoms with Gasteiger partial charge in [0.05, 0.1) is 11.0 Å². The highest BCUT2D eigenvalue weighted by atomic mass is 79.9. The number of halogens is 1. The van der Waals surface area contributed by atoms with Crippen LogP contribution in [0.1, 0.15) is 46.4 Å². The van der Waals surface area contributed by atoms with Crippen molar-refractivity contribution >= 4 is 27.0 Å². The highest BCUT2D eigenvalue weighted by molar-refractivity contribution is 9.09. The molecule has 1 unspecified atom stereocenters. The Balaban J connectivity index is 2.07. The molecule has 1 atom stereocenters. The van der Waals surface area contributed by atoms with E-state index in [1.54, 1.807) is 0 Å². The van der Waals surface area contributed by atoms with Crippen LogP contribution in [0.25, 0.3) is 11.0 Å². The van der Waals surface area contributed by atoms with Crippen LogP contribution in [0.2, 0.25) is 0 Å². The first-order valence-electron chi connectivity index (χ1n) is 7.51. The average molecular weight is 337 g/mol. The second-order valence-corrected chi connectivity index (χ2v) is 7.59. The van der Waals surface area contributed by atoms with Gasteiger partial charge >= 0.3 is 0 Å². The van der Waals surface area contributed by atoms with E-state index in [2.05, 4.69) is 72.5 Å². The summed E-state index contributed by atoms with van der Waals surface area (Å²) < 4.78 is 2.34. The van der Waals surface area contributed by atoms with Gasteiger partial charge in [0.1, 0.15) is 5.82 Å². The number of benzene rings is 1. The maximum atomic E-state index is 4.79. The van der Waals surface area contributed by atoms with E-state index in [1.807, 2.05) is 0 Å². The number of nitrogens with zero attached hydrogens (tertiary/aromatic N) is 2. The van der Waals surface area contributed by atoms with Gasteiger partial charge in [0, 0.05) is 17.8 Å². The fourth-order valence-corrected chi connectivity index (χ4v) is 2.87. The Morgan fingerprint density at radius 1 is 1.25 bits per heavy atom. The monoisotopic (exact) mass is 336 g/mol. The van der Waals surface area contributed by atoms with E-state index in [1.165, 1.54) is 24.2 Å². The van der Waals surface area contributed by atoms with Gasteiger partial charge in [-0.25, -0.2) is 4.98 Å². The highest BCUT2D eigenvalue weighted by Crippen LogP contribution is 2.30. The third-order valence-corrected chi connectivity index (χ3v) is 5.68. The molecule has 110 valence electrons. The standard InChI is InChI=1S/C17H25BrN2/c1-5-20-14-10-7-6-9-13(14)19-16(20)12-8-11-15(18)17(2,3)4/h6-7,9-10,15H,5,8,11-12H2,1-4H3. The molecule has 0 N–H and O–H groups in total. The second kappa shape index (κ2) is 6.30. The first kappa shape index (κ1) is 15.6. The van der Waals surface area contributed by atoms with Gasteiger partial charge in [0.15, 0.2) is 0 Å². The van der Waals surface area contributed by atoms with Crippen molar-refractivity contribution in [1.82, 2.24) is 9.55 Å². The lowest BCUT2D eigenvalue weighted by atomic mass is 9.89. The van der Waals surface area contributed by atoms with E-state index in [0.717, 1.165) is 18.5 Å². The van der Waals surface area contributed by atoms with Crippen LogP contribution < -0.4 is 0 Å². The molecule has 0 saturated heterocycles. The molecular weight excluding hydrogens is 312 g/mol. The summed E-state index contributed by atoms with van der Waals surface area (Å²) in [7, 11) is 0. The molecular formula is C17H25BrN2. The predicted octanol–water partition coefficient (Wildman–Crippen LogP) is 5.19. The van der Waals surface area contributed by atoms with Gasteiger partial charge < -0.3 is 4.57 Å². The first-order chi connectivity index (χ1) is 9.43. The van der Waals surface area contributed by atoms with Crippen LogP contribution in [0.3, 0.4) is 0 Å². The van der Waals surface area contributed by atoms with Gasteiger partial charge in [-0.3, -0.25) is 0 Å². The van der Waals surface area contributed by atoms with E-state index in [4.69, 9.17) is 4.98 Å². The second-order valence-electron chi connectivity index (χ2n) is 6.49. The zero-order valence-corrected chi connectivity index (χ0v) is 14.6. The molecule has 1 aromatic heterocycles. The number of fused-ring (bicyclic) bond motifs is 1. The number of aromatic nitrogens is 2. The fraction of sp³-hybridized carbons (Fsp3) is 0.588. The molecule has 0 spiro atoms. The molecule has 2 nitrogen and oxygen atoms in total. The summed E-state index contributed by atoms with van der Waals surface area (Å²) in [5, 5.41) is 0. The lowest BCUT2D eigenvalue weighted by molar-refractivity contribution is 0.379. The summed E-state index contributed by atoms with van der Waals surface area (Å²) in [4.78, 5) is 5.35. The Kier molecular flexibility index (Phi) is 4.90. The minimum atomic E-state index is 0.324. The molecule has 1 heterocycles. The predicted molar refractivity (Wildman–Crippen MR) is 90.5 cm³/mol. The van der Waals surface area contributed by atoms with Crippen LogP contribution in [-0.4, -0.2) is 14.4 Å². The van der Waals surface area contributed by atoms with E-state index in [-0.39, 0.29) is 0 Å². The summed E-state index contributed by atoms with van der Waals surface area (Å²) in [5.41, 5.74) is 2.71. The quantitative estimate of drug-likeness (QED) is 0.687. The molecule has 3 heteroatoms. The van der Waals surface area contributed by atoms with Crippen molar-refractivity contribution in [1.29, 1.82) is 0 Å². The van der Waals surface area contributed by atoms with Crippen LogP contribution in [0.5, 0.6) is 0 Å². The van der Waals surface area contributed by atoms with Crippen molar-refractivity contribution in [2.24, 2.45) is 5.41 Å². The van der Waals surface area contributed by atoms with Crippen LogP contribution in [-0.2, 0) is 13.0 Å². The number of rotatable bonds is 5. The van der Waals surface area contributed by atoms with Gasteiger partial charge in [-0.1, -0.05) is 48.8 Å². The SMILES string of the molecule is CCn1c(CCCC(Br)C(C)(C)C)nc2ccccc21. The number of hydrogen-bond donors (Lipinski definition) is 0. The Morgan fingerprint density at radius 2 is 1.95 bits per heavy atom. The maximum Gasteiger partial charge on any atom is 0.109 e. The van der Waals surface area contributed by atoms with Crippen molar-refractivity contribution in [2.45, 2.75) is 58.3 Å². The summed E-state index contributed by atoms with van der Waals surface area (Å²) in [5.74, 6) is 1.22. The van der Waals surface area contributed by atoms with Crippen LogP contribution in [0, 0.1) is 5.41 Å². The molecule has 0 saturated carbocycles. The Morgan fingerprint density at radius 3 is 2.60 bits per heavy atom. The number of hydrogen-bond acceptors (Lipinski definition) is 1. The highest BCUT2D eigenvalue weighted by Gasteiger charge is 2.21. The molecule has 0 amide bonds. The minimum Gasteiger partial charge on any atom is -0.328 e. The molecule has 2 rings (SSSR count). The molecule has 0 aliphatic rings. The molecule has 0 fully saturated rings. The smallest absolute Gasteiger partial charge is 0.109 e. The van der Waals surface area contributed by atoms with Gasteiger partial charge in [-0.2, -0.15) is 0 Å². The first-order valence-corrected chi connectivity index (χ1v) is 8.43. The van der Waals surface area contributed by atoms with Crippen LogP contribution in [0.15, 0.2) is 24.3 Å². The number of para-hydroxylation sites is 2. The summed E-state index contributed by atoms with van der Waals surface area (Å²) in [6, 6.07) is 8.42. The van der Waals surface area contributed by atoms with Crippen molar-refractivity contribution in [3.8, 4) is 0 Å². The van der Waals surface area contributed by atoms with Crippen molar-refractivity contribution in [3.05, 3.63) is 30.1 Å². The maximum absolute atomic E-state index is 4.79. The number of aryl methyl sites for hydroxylation is 2. The van der Waals surface area contributed by atoms with Crippen LogP contribution in [0.4, 0.5) is 0 Å². The minimum absolute atomic E-state index is 0.324. The van der Waals surface area contributed by atoms with E-state index in [0.29, 0.717) is 10.2 Å². The van der Waals surface area contributed by atoms with E-state index < -0.39 is 0 Å². The summed E-state index contributed by atoms with van der Waals surface area (Å²) in [6.07, 6.45) is 3.42. The molecule has 1 aromatic carbocycles. The topological polar surface area (TPSA) is 17.8 Å². The van der Waals surface area contributed by atoms with Crippen molar-refractivity contribution < 1.29 is 0 Å². The molecule has 0 radical (unpaired) electrons. The van der Waals surface area contributed by atoms with Gasteiger partial charge in [0.2, 0.25) is 0 Å². The number of imidazole rings is 1. The van der Waals surface area contributed by atoms with E-state index >= 15 is 0 Å². The Labute approximate surface area is 130 Å². The summed E-state index contributed by atoms with van der Waals surface area (Å²) in [6.45, 7) is 10.0. The molecule has 0 bridgehead atoms. The molecule has 0 aliphatic carbocycles. The normalized spacial score (nSPS) is 13.8. The molecule has 20 heavy (non-hydrogen) atoms. The third-order valence-electron chi connectivity index (χ3n) is 3.85. The lowest BCUT2D eigenvalue weighted by Crippen LogP contribution is -2.20. The van der Waals surface area contributed by atoms with E-state index in [9.17, 15) is 0 Å². The average Bonchev–Trinajstić information content (AvgIpc) is 2.74. The van der Waals surface area contributed by atoms with Crippen molar-refractivity contribution in [2.75, 3.05) is 0 Å².